The van der Waals surface area contributed by atoms with Crippen LogP contribution >= 0.6 is 0 Å². The van der Waals surface area contributed by atoms with Crippen molar-refractivity contribution in [2.75, 3.05) is 7.11 Å². The monoisotopic (exact) mass is 366 g/mol. The summed E-state index contributed by atoms with van der Waals surface area (Å²) in [6.45, 7) is 3.55. The number of nitrogens with one attached hydrogen (secondary N) is 1. The minimum Gasteiger partial charge on any atom is -0.378 e. The Labute approximate surface area is 146 Å². The van der Waals surface area contributed by atoms with Crippen molar-refractivity contribution in [3.63, 3.8) is 0 Å². The molecule has 0 radical (unpaired) electrons. The second-order valence-electron chi connectivity index (χ2n) is 5.97. The highest BCUT2D eigenvalue weighted by Gasteiger charge is 2.30. The molecule has 0 saturated heterocycles. The smallest absolute Gasteiger partial charge is 0.378 e. The molecule has 3 rings (SSSR count). The third-order valence-corrected chi connectivity index (χ3v) is 4.12. The lowest BCUT2D eigenvalue weighted by Gasteiger charge is -2.15. The summed E-state index contributed by atoms with van der Waals surface area (Å²) in [4.78, 5) is 19.3. The molecule has 0 aliphatic carbocycles. The quantitative estimate of drug-likeness (QED) is 0.770. The third kappa shape index (κ3) is 3.22. The van der Waals surface area contributed by atoms with Gasteiger partial charge in [0.2, 0.25) is 0 Å². The molecule has 0 saturated carbocycles. The molecule has 0 unspecified atom stereocenters. The summed E-state index contributed by atoms with van der Waals surface area (Å²) in [5.74, 6) is 0.423. The van der Waals surface area contributed by atoms with Crippen LogP contribution in [0.2, 0.25) is 0 Å². The number of halogens is 3. The number of rotatable bonds is 4. The van der Waals surface area contributed by atoms with E-state index in [-0.39, 0.29) is 12.2 Å². The van der Waals surface area contributed by atoms with E-state index in [0.29, 0.717) is 28.1 Å². The van der Waals surface area contributed by atoms with Crippen molar-refractivity contribution in [2.45, 2.75) is 32.7 Å². The lowest BCUT2D eigenvalue weighted by molar-refractivity contribution is -0.137. The zero-order valence-electron chi connectivity index (χ0n) is 14.4. The predicted molar refractivity (Wildman–Crippen MR) is 88.9 cm³/mol. The van der Waals surface area contributed by atoms with Gasteiger partial charge in [-0.3, -0.25) is 4.79 Å². The second-order valence-corrected chi connectivity index (χ2v) is 5.97. The molecule has 0 spiro atoms. The molecule has 2 aromatic heterocycles. The standard InChI is InChI=1S/C17H17F3N4O2/c1-9(11-4-6-12(7-5-11)17(18,19)20)24-15-14(13(23-24)8-26-3)16(25)22-10(2)21-15/h4-7,9H,8H2,1-3H3,(H,21,22,25)/t9-/m0/s1. The van der Waals surface area contributed by atoms with Gasteiger partial charge in [0, 0.05) is 7.11 Å². The van der Waals surface area contributed by atoms with Crippen LogP contribution in [-0.4, -0.2) is 26.9 Å². The van der Waals surface area contributed by atoms with Crippen LogP contribution in [0.1, 0.15) is 35.6 Å². The Morgan fingerprint density at radius 2 is 1.92 bits per heavy atom. The van der Waals surface area contributed by atoms with E-state index in [1.807, 2.05) is 0 Å². The van der Waals surface area contributed by atoms with E-state index >= 15 is 0 Å². The van der Waals surface area contributed by atoms with Crippen LogP contribution in [0, 0.1) is 6.92 Å². The maximum atomic E-state index is 12.7. The summed E-state index contributed by atoms with van der Waals surface area (Å²) >= 11 is 0. The van der Waals surface area contributed by atoms with Crippen molar-refractivity contribution < 1.29 is 17.9 Å². The van der Waals surface area contributed by atoms with Crippen molar-refractivity contribution >= 4 is 11.0 Å². The van der Waals surface area contributed by atoms with E-state index < -0.39 is 17.8 Å². The van der Waals surface area contributed by atoms with Crippen molar-refractivity contribution in [1.82, 2.24) is 19.7 Å². The number of ether oxygens (including phenoxy) is 1. The first kappa shape index (κ1) is 18.1. The first-order valence-corrected chi connectivity index (χ1v) is 7.86. The van der Waals surface area contributed by atoms with Crippen molar-refractivity contribution in [1.29, 1.82) is 0 Å². The Morgan fingerprint density at radius 3 is 2.50 bits per heavy atom. The van der Waals surface area contributed by atoms with Crippen LogP contribution in [-0.2, 0) is 17.5 Å². The molecule has 1 aromatic carbocycles. The Bertz CT molecular complexity index is 990. The molecule has 9 heteroatoms. The van der Waals surface area contributed by atoms with Crippen molar-refractivity contribution in [3.05, 3.63) is 57.3 Å². The summed E-state index contributed by atoms with van der Waals surface area (Å²) in [6.07, 6.45) is -4.39. The number of hydrogen-bond acceptors (Lipinski definition) is 4. The number of methoxy groups -OCH3 is 1. The molecule has 3 aromatic rings. The average molecular weight is 366 g/mol. The van der Waals surface area contributed by atoms with Crippen LogP contribution in [0.15, 0.2) is 29.1 Å². The van der Waals surface area contributed by atoms with E-state index in [0.717, 1.165) is 12.1 Å². The minimum absolute atomic E-state index is 0.122. The first-order valence-electron chi connectivity index (χ1n) is 7.86. The molecular formula is C17H17F3N4O2. The van der Waals surface area contributed by atoms with E-state index in [4.69, 9.17) is 4.74 Å². The fraction of sp³-hybridized carbons (Fsp3) is 0.353. The molecule has 0 fully saturated rings. The number of aryl methyl sites for hydroxylation is 1. The van der Waals surface area contributed by atoms with Gasteiger partial charge < -0.3 is 9.72 Å². The summed E-state index contributed by atoms with van der Waals surface area (Å²) in [6, 6.07) is 4.44. The minimum atomic E-state index is -4.39. The lowest BCUT2D eigenvalue weighted by atomic mass is 10.1. The number of nitrogens with zero attached hydrogens (tertiary/aromatic N) is 3. The van der Waals surface area contributed by atoms with Crippen molar-refractivity contribution in [2.24, 2.45) is 0 Å². The maximum Gasteiger partial charge on any atom is 0.416 e. The highest BCUT2D eigenvalue weighted by molar-refractivity contribution is 5.77. The Balaban J connectivity index is 2.11. The zero-order chi connectivity index (χ0) is 19.1. The SMILES string of the molecule is COCc1nn([C@@H](C)c2ccc(C(F)(F)F)cc2)c2nc(C)[nH]c(=O)c12. The number of H-pyrrole nitrogens is 1. The number of fused-ring (bicyclic) bond motifs is 1. The van der Waals surface area contributed by atoms with E-state index in [9.17, 15) is 18.0 Å². The van der Waals surface area contributed by atoms with Gasteiger partial charge in [0.1, 0.15) is 16.9 Å². The van der Waals surface area contributed by atoms with E-state index in [2.05, 4.69) is 15.1 Å². The normalized spacial score (nSPS) is 13.3. The topological polar surface area (TPSA) is 72.8 Å². The molecule has 0 aliphatic rings. The molecule has 0 aliphatic heterocycles. The van der Waals surface area contributed by atoms with Gasteiger partial charge in [-0.1, -0.05) is 12.1 Å². The summed E-state index contributed by atoms with van der Waals surface area (Å²) in [5.41, 5.74) is 0.362. The van der Waals surface area contributed by atoms with Gasteiger partial charge in [0.05, 0.1) is 18.2 Å². The molecule has 1 atom stereocenters. The Morgan fingerprint density at radius 1 is 1.27 bits per heavy atom. The molecule has 0 bridgehead atoms. The summed E-state index contributed by atoms with van der Waals surface area (Å²) in [5, 5.41) is 4.73. The molecule has 6 nitrogen and oxygen atoms in total. The zero-order valence-corrected chi connectivity index (χ0v) is 14.4. The molecule has 0 amide bonds. The second kappa shape index (κ2) is 6.56. The molecule has 1 N–H and O–H groups in total. The van der Waals surface area contributed by atoms with Crippen LogP contribution < -0.4 is 5.56 Å². The number of aromatic nitrogens is 4. The van der Waals surface area contributed by atoms with Crippen LogP contribution in [0.3, 0.4) is 0 Å². The number of hydrogen-bond donors (Lipinski definition) is 1. The van der Waals surface area contributed by atoms with E-state index in [1.54, 1.807) is 13.8 Å². The van der Waals surface area contributed by atoms with Gasteiger partial charge in [0.15, 0.2) is 5.65 Å². The summed E-state index contributed by atoms with van der Waals surface area (Å²) < 4.78 is 44.9. The van der Waals surface area contributed by atoms with Gasteiger partial charge in [0.25, 0.3) is 5.56 Å². The van der Waals surface area contributed by atoms with Gasteiger partial charge in [-0.15, -0.1) is 0 Å². The first-order chi connectivity index (χ1) is 12.2. The Kier molecular flexibility index (Phi) is 4.57. The fourth-order valence-electron chi connectivity index (χ4n) is 2.82. The van der Waals surface area contributed by atoms with Gasteiger partial charge >= 0.3 is 6.18 Å². The van der Waals surface area contributed by atoms with Crippen molar-refractivity contribution in [3.8, 4) is 0 Å². The largest absolute Gasteiger partial charge is 0.416 e. The molecular weight excluding hydrogens is 349 g/mol. The van der Waals surface area contributed by atoms with Crippen LogP contribution in [0.25, 0.3) is 11.0 Å². The number of aromatic amines is 1. The predicted octanol–water partition coefficient (Wildman–Crippen LogP) is 3.20. The maximum absolute atomic E-state index is 12.7. The summed E-state index contributed by atoms with van der Waals surface area (Å²) in [7, 11) is 1.49. The van der Waals surface area contributed by atoms with Gasteiger partial charge in [-0.25, -0.2) is 9.67 Å². The fourth-order valence-corrected chi connectivity index (χ4v) is 2.82. The third-order valence-electron chi connectivity index (χ3n) is 4.12. The number of benzene rings is 1. The Hall–Kier alpha value is -2.68. The van der Waals surface area contributed by atoms with Gasteiger partial charge in [-0.05, 0) is 31.5 Å². The molecule has 26 heavy (non-hydrogen) atoms. The number of alkyl halides is 3. The molecule has 2 heterocycles. The average Bonchev–Trinajstić information content (AvgIpc) is 2.92. The van der Waals surface area contributed by atoms with Crippen LogP contribution in [0.4, 0.5) is 13.2 Å². The highest BCUT2D eigenvalue weighted by Crippen LogP contribution is 2.31. The highest BCUT2D eigenvalue weighted by atomic mass is 19.4. The van der Waals surface area contributed by atoms with E-state index in [1.165, 1.54) is 23.9 Å². The van der Waals surface area contributed by atoms with Gasteiger partial charge in [-0.2, -0.15) is 18.3 Å². The lowest BCUT2D eigenvalue weighted by Crippen LogP contribution is -2.13. The molecule has 138 valence electrons. The van der Waals surface area contributed by atoms with Crippen LogP contribution in [0.5, 0.6) is 0 Å².